The van der Waals surface area contributed by atoms with Crippen LogP contribution >= 0.6 is 0 Å². The summed E-state index contributed by atoms with van der Waals surface area (Å²) in [6.07, 6.45) is 1.11. The van der Waals surface area contributed by atoms with Gasteiger partial charge in [-0.05, 0) is 25.8 Å². The first-order chi connectivity index (χ1) is 11.3. The minimum atomic E-state index is -0.814. The van der Waals surface area contributed by atoms with Crippen LogP contribution in [0.25, 0.3) is 0 Å². The number of hydrogen-bond acceptors (Lipinski definition) is 6. The van der Waals surface area contributed by atoms with Gasteiger partial charge >= 0.3 is 11.9 Å². The van der Waals surface area contributed by atoms with Gasteiger partial charge in [-0.2, -0.15) is 0 Å². The molecule has 2 aliphatic heterocycles. The number of esters is 2. The van der Waals surface area contributed by atoms with Crippen LogP contribution in [-0.4, -0.2) is 53.2 Å². The van der Waals surface area contributed by atoms with Crippen molar-refractivity contribution in [2.75, 3.05) is 13.2 Å². The van der Waals surface area contributed by atoms with Crippen LogP contribution in [-0.2, 0) is 23.9 Å². The van der Waals surface area contributed by atoms with Crippen LogP contribution in [0.15, 0.2) is 23.9 Å². The molecule has 0 spiro atoms. The number of ether oxygens (including phenoxy) is 2. The molecule has 1 amide bonds. The maximum atomic E-state index is 12.4. The minimum Gasteiger partial charge on any atom is -0.466 e. The lowest BCUT2D eigenvalue weighted by molar-refractivity contribution is -0.164. The molecule has 2 rings (SSSR count). The first kappa shape index (κ1) is 18.2. The Morgan fingerprint density at radius 1 is 1.42 bits per heavy atom. The van der Waals surface area contributed by atoms with Gasteiger partial charge in [0.15, 0.2) is 0 Å². The van der Waals surface area contributed by atoms with Gasteiger partial charge in [-0.3, -0.25) is 9.59 Å². The molecule has 7 heteroatoms. The van der Waals surface area contributed by atoms with Crippen molar-refractivity contribution in [3.8, 4) is 0 Å². The van der Waals surface area contributed by atoms with Crippen LogP contribution < -0.4 is 0 Å². The molecular formula is C17H23NO6. The molecule has 0 radical (unpaired) electrons. The highest BCUT2D eigenvalue weighted by Crippen LogP contribution is 2.48. The summed E-state index contributed by atoms with van der Waals surface area (Å²) in [5, 5.41) is 9.89. The summed E-state index contributed by atoms with van der Waals surface area (Å²) in [7, 11) is 0. The average molecular weight is 337 g/mol. The van der Waals surface area contributed by atoms with Crippen LogP contribution in [0.3, 0.4) is 0 Å². The van der Waals surface area contributed by atoms with Gasteiger partial charge in [-0.15, -0.1) is 0 Å². The lowest BCUT2D eigenvalue weighted by Gasteiger charge is -2.47. The fraction of sp³-hybridized carbons (Fsp3) is 0.588. The van der Waals surface area contributed by atoms with E-state index >= 15 is 0 Å². The number of carbonyl (C=O) groups is 3. The smallest absolute Gasteiger partial charge is 0.355 e. The van der Waals surface area contributed by atoms with E-state index in [0.29, 0.717) is 6.42 Å². The second-order valence-corrected chi connectivity index (χ2v) is 6.12. The molecule has 0 aromatic heterocycles. The zero-order valence-corrected chi connectivity index (χ0v) is 14.2. The molecule has 1 fully saturated rings. The minimum absolute atomic E-state index is 0.0558. The van der Waals surface area contributed by atoms with Crippen molar-refractivity contribution < 1.29 is 29.0 Å². The van der Waals surface area contributed by atoms with Crippen molar-refractivity contribution >= 4 is 17.8 Å². The molecule has 7 nitrogen and oxygen atoms in total. The highest BCUT2D eigenvalue weighted by molar-refractivity contribution is 6.00. The monoisotopic (exact) mass is 337 g/mol. The maximum absolute atomic E-state index is 12.4. The van der Waals surface area contributed by atoms with E-state index in [-0.39, 0.29) is 42.7 Å². The zero-order valence-electron chi connectivity index (χ0n) is 14.2. The van der Waals surface area contributed by atoms with Crippen LogP contribution in [0.1, 0.15) is 27.2 Å². The summed E-state index contributed by atoms with van der Waals surface area (Å²) in [5.41, 5.74) is 0.953. The lowest BCUT2D eigenvalue weighted by atomic mass is 9.76. The molecule has 0 saturated carbocycles. The third-order valence-corrected chi connectivity index (χ3v) is 4.55. The number of β-lactam (4-membered cyclic amide) rings is 1. The molecule has 2 aliphatic rings. The van der Waals surface area contributed by atoms with Crippen molar-refractivity contribution in [3.05, 3.63) is 23.9 Å². The summed E-state index contributed by atoms with van der Waals surface area (Å²) < 4.78 is 10.1. The topological polar surface area (TPSA) is 93.1 Å². The van der Waals surface area contributed by atoms with Crippen molar-refractivity contribution in [3.63, 3.8) is 0 Å². The molecule has 4 atom stereocenters. The fourth-order valence-corrected chi connectivity index (χ4v) is 3.51. The summed E-state index contributed by atoms with van der Waals surface area (Å²) >= 11 is 0. The summed E-state index contributed by atoms with van der Waals surface area (Å²) in [5.74, 6) is -1.96. The number of carbonyl (C=O) groups excluding carboxylic acids is 3. The van der Waals surface area contributed by atoms with Crippen molar-refractivity contribution in [1.29, 1.82) is 0 Å². The number of rotatable bonds is 7. The van der Waals surface area contributed by atoms with E-state index < -0.39 is 18.0 Å². The van der Waals surface area contributed by atoms with E-state index in [0.717, 1.165) is 5.57 Å². The third kappa shape index (κ3) is 3.08. The van der Waals surface area contributed by atoms with Gasteiger partial charge < -0.3 is 19.5 Å². The number of amides is 1. The molecule has 0 aromatic carbocycles. The lowest BCUT2D eigenvalue weighted by Crippen LogP contribution is -2.64. The maximum Gasteiger partial charge on any atom is 0.355 e. The van der Waals surface area contributed by atoms with Gasteiger partial charge in [0.2, 0.25) is 5.91 Å². The number of nitrogens with zero attached hydrogens (tertiary/aromatic N) is 1. The van der Waals surface area contributed by atoms with Gasteiger partial charge in [-0.1, -0.05) is 12.7 Å². The zero-order chi connectivity index (χ0) is 18.0. The first-order valence-electron chi connectivity index (χ1n) is 7.94. The highest BCUT2D eigenvalue weighted by atomic mass is 16.5. The molecule has 0 bridgehead atoms. The molecule has 0 unspecified atom stereocenters. The van der Waals surface area contributed by atoms with E-state index in [1.54, 1.807) is 13.8 Å². The summed E-state index contributed by atoms with van der Waals surface area (Å²) in [6.45, 7) is 8.40. The number of aliphatic hydroxyl groups is 1. The quantitative estimate of drug-likeness (QED) is 0.419. The fourth-order valence-electron chi connectivity index (χ4n) is 3.51. The summed E-state index contributed by atoms with van der Waals surface area (Å²) in [6, 6.07) is -0.306. The largest absolute Gasteiger partial charge is 0.466 e. The predicted molar refractivity (Wildman–Crippen MR) is 84.4 cm³/mol. The summed E-state index contributed by atoms with van der Waals surface area (Å²) in [4.78, 5) is 37.0. The Balaban J connectivity index is 2.23. The SMILES string of the molecule is C=CCOC(=O)C1=C(C)[C@@H](CCOC(C)=O)[C@@H]2[C@@H]([C@@H](C)O)C(=O)N12. The molecule has 24 heavy (non-hydrogen) atoms. The van der Waals surface area contributed by atoms with Crippen LogP contribution in [0, 0.1) is 11.8 Å². The Bertz CT molecular complexity index is 594. The van der Waals surface area contributed by atoms with Crippen molar-refractivity contribution in [1.82, 2.24) is 4.90 Å². The van der Waals surface area contributed by atoms with Gasteiger partial charge in [0.05, 0.1) is 24.7 Å². The third-order valence-electron chi connectivity index (χ3n) is 4.55. The Morgan fingerprint density at radius 2 is 2.08 bits per heavy atom. The second-order valence-electron chi connectivity index (χ2n) is 6.12. The second kappa shape index (κ2) is 7.17. The van der Waals surface area contributed by atoms with Gasteiger partial charge in [-0.25, -0.2) is 4.79 Å². The first-order valence-corrected chi connectivity index (χ1v) is 7.94. The van der Waals surface area contributed by atoms with Crippen molar-refractivity contribution in [2.24, 2.45) is 11.8 Å². The number of fused-ring (bicyclic) bond motifs is 1. The molecule has 132 valence electrons. The Hall–Kier alpha value is -2.15. The normalized spacial score (nSPS) is 26.6. The van der Waals surface area contributed by atoms with Gasteiger partial charge in [0.1, 0.15) is 12.3 Å². The average Bonchev–Trinajstić information content (AvgIpc) is 2.74. The standard InChI is InChI=1S/C17H23NO6/c1-5-7-24-17(22)14-9(2)12(6-8-23-11(4)20)15-13(10(3)19)16(21)18(14)15/h5,10,12-13,15,19H,1,6-8H2,2-4H3/t10-,12-,13-,15-/m1/s1. The van der Waals surface area contributed by atoms with E-state index in [1.165, 1.54) is 17.9 Å². The Kier molecular flexibility index (Phi) is 5.43. The molecule has 0 aliphatic carbocycles. The predicted octanol–water partition coefficient (Wildman–Crippen LogP) is 0.780. The van der Waals surface area contributed by atoms with E-state index in [9.17, 15) is 19.5 Å². The van der Waals surface area contributed by atoms with Crippen LogP contribution in [0.4, 0.5) is 0 Å². The molecular weight excluding hydrogens is 314 g/mol. The van der Waals surface area contributed by atoms with E-state index in [1.807, 2.05) is 0 Å². The Labute approximate surface area is 140 Å². The Morgan fingerprint density at radius 3 is 2.62 bits per heavy atom. The van der Waals surface area contributed by atoms with Crippen LogP contribution in [0.5, 0.6) is 0 Å². The molecule has 1 saturated heterocycles. The number of aliphatic hydroxyl groups excluding tert-OH is 1. The molecule has 1 N–H and O–H groups in total. The van der Waals surface area contributed by atoms with Gasteiger partial charge in [0.25, 0.3) is 0 Å². The van der Waals surface area contributed by atoms with E-state index in [2.05, 4.69) is 6.58 Å². The van der Waals surface area contributed by atoms with Gasteiger partial charge in [0, 0.05) is 12.8 Å². The van der Waals surface area contributed by atoms with Crippen LogP contribution in [0.2, 0.25) is 0 Å². The molecule has 2 heterocycles. The van der Waals surface area contributed by atoms with E-state index in [4.69, 9.17) is 9.47 Å². The van der Waals surface area contributed by atoms with Crippen molar-refractivity contribution in [2.45, 2.75) is 39.3 Å². The highest BCUT2D eigenvalue weighted by Gasteiger charge is 2.60. The number of hydrogen-bond donors (Lipinski definition) is 1. The molecule has 0 aromatic rings.